The highest BCUT2D eigenvalue weighted by Gasteiger charge is 2.18. The van der Waals surface area contributed by atoms with Crippen LogP contribution in [0.25, 0.3) is 0 Å². The summed E-state index contributed by atoms with van der Waals surface area (Å²) < 4.78 is 22.8. The Kier molecular flexibility index (Phi) is 7.52. The van der Waals surface area contributed by atoms with E-state index >= 15 is 0 Å². The van der Waals surface area contributed by atoms with Crippen LogP contribution in [0.5, 0.6) is 17.2 Å². The number of carbonyl (C=O) groups is 2. The molecule has 0 radical (unpaired) electrons. The Morgan fingerprint density at radius 2 is 1.62 bits per heavy atom. The van der Waals surface area contributed by atoms with Gasteiger partial charge in [-0.15, -0.1) is 0 Å². The van der Waals surface area contributed by atoms with Gasteiger partial charge in [-0.05, 0) is 44.5 Å². The number of rotatable bonds is 9. The number of benzene rings is 1. The molecule has 8 heteroatoms. The van der Waals surface area contributed by atoms with Crippen molar-refractivity contribution >= 4 is 11.9 Å². The number of hydrogen-bond donors (Lipinski definition) is 1. The third-order valence-electron chi connectivity index (χ3n) is 4.58. The van der Waals surface area contributed by atoms with Crippen molar-refractivity contribution in [3.8, 4) is 17.2 Å². The molecule has 1 heterocycles. The summed E-state index contributed by atoms with van der Waals surface area (Å²) in [4.78, 5) is 24.5. The largest absolute Gasteiger partial charge is 0.493 e. The maximum atomic E-state index is 12.5. The second-order valence-electron chi connectivity index (χ2n) is 6.40. The van der Waals surface area contributed by atoms with Gasteiger partial charge < -0.3 is 28.8 Å². The maximum Gasteiger partial charge on any atom is 0.339 e. The van der Waals surface area contributed by atoms with E-state index in [9.17, 15) is 9.59 Å². The van der Waals surface area contributed by atoms with Crippen LogP contribution < -0.4 is 19.5 Å². The molecule has 0 bridgehead atoms. The van der Waals surface area contributed by atoms with E-state index in [0.717, 1.165) is 11.3 Å². The minimum absolute atomic E-state index is 0.0987. The number of nitrogens with one attached hydrogen (secondary N) is 1. The van der Waals surface area contributed by atoms with E-state index in [0.29, 0.717) is 41.7 Å². The summed E-state index contributed by atoms with van der Waals surface area (Å²) >= 11 is 0. The van der Waals surface area contributed by atoms with Gasteiger partial charge in [0.05, 0.1) is 33.5 Å². The Labute approximate surface area is 170 Å². The minimum atomic E-state index is -0.385. The van der Waals surface area contributed by atoms with E-state index in [-0.39, 0.29) is 18.4 Å². The van der Waals surface area contributed by atoms with Crippen molar-refractivity contribution in [3.05, 3.63) is 40.7 Å². The zero-order chi connectivity index (χ0) is 21.6. The molecule has 2 aromatic rings. The van der Waals surface area contributed by atoms with E-state index in [1.165, 1.54) is 7.11 Å². The van der Waals surface area contributed by atoms with Gasteiger partial charge in [-0.1, -0.05) is 0 Å². The van der Waals surface area contributed by atoms with E-state index < -0.39 is 0 Å². The number of amides is 1. The van der Waals surface area contributed by atoms with Gasteiger partial charge in [-0.3, -0.25) is 4.79 Å². The molecule has 0 aliphatic heterocycles. The van der Waals surface area contributed by atoms with Crippen LogP contribution in [-0.4, -0.2) is 44.4 Å². The molecule has 0 spiro atoms. The van der Waals surface area contributed by atoms with E-state index in [2.05, 4.69) is 5.32 Å². The zero-order valence-corrected chi connectivity index (χ0v) is 17.8. The molecule has 0 unspecified atom stereocenters. The van der Waals surface area contributed by atoms with Gasteiger partial charge in [0.25, 0.3) is 0 Å². The standard InChI is InChI=1S/C21H28N2O6/c1-7-29-21(25)16-8-13(2)23(14(16)3)12-19(24)22-11-15-9-17(26-4)20(28-6)18(10-15)27-5/h8-10H,7,11-12H2,1-6H3,(H,22,24). The zero-order valence-electron chi connectivity index (χ0n) is 17.8. The van der Waals surface area contributed by atoms with Crippen LogP contribution in [0.4, 0.5) is 0 Å². The quantitative estimate of drug-likeness (QED) is 0.647. The van der Waals surface area contributed by atoms with Crippen LogP contribution in [0.2, 0.25) is 0 Å². The lowest BCUT2D eigenvalue weighted by molar-refractivity contribution is -0.121. The molecular formula is C21H28N2O6. The van der Waals surface area contributed by atoms with Crippen molar-refractivity contribution < 1.29 is 28.5 Å². The third kappa shape index (κ3) is 5.01. The fourth-order valence-electron chi connectivity index (χ4n) is 3.10. The van der Waals surface area contributed by atoms with Gasteiger partial charge >= 0.3 is 5.97 Å². The predicted octanol–water partition coefficient (Wildman–Crippen LogP) is 2.62. The number of nitrogens with zero attached hydrogens (tertiary/aromatic N) is 1. The highest BCUT2D eigenvalue weighted by atomic mass is 16.5. The van der Waals surface area contributed by atoms with Gasteiger partial charge in [0.1, 0.15) is 6.54 Å². The monoisotopic (exact) mass is 404 g/mol. The molecule has 1 amide bonds. The van der Waals surface area contributed by atoms with Crippen LogP contribution in [-0.2, 0) is 22.6 Å². The fraction of sp³-hybridized carbons (Fsp3) is 0.429. The summed E-state index contributed by atoms with van der Waals surface area (Å²) in [5, 5.41) is 2.88. The van der Waals surface area contributed by atoms with E-state index in [1.807, 2.05) is 6.92 Å². The van der Waals surface area contributed by atoms with Gasteiger partial charge in [-0.25, -0.2) is 4.79 Å². The number of ether oxygens (including phenoxy) is 4. The van der Waals surface area contributed by atoms with Gasteiger partial charge in [0.15, 0.2) is 11.5 Å². The van der Waals surface area contributed by atoms with Crippen molar-refractivity contribution in [1.29, 1.82) is 0 Å². The molecule has 2 rings (SSSR count). The number of aryl methyl sites for hydroxylation is 1. The molecule has 1 aromatic carbocycles. The molecule has 1 aromatic heterocycles. The van der Waals surface area contributed by atoms with Gasteiger partial charge in [0.2, 0.25) is 11.7 Å². The van der Waals surface area contributed by atoms with E-state index in [1.54, 1.807) is 50.8 Å². The summed E-state index contributed by atoms with van der Waals surface area (Å²) in [5.41, 5.74) is 2.79. The number of hydrogen-bond acceptors (Lipinski definition) is 6. The van der Waals surface area contributed by atoms with Crippen LogP contribution in [0.15, 0.2) is 18.2 Å². The van der Waals surface area contributed by atoms with Crippen molar-refractivity contribution in [2.75, 3.05) is 27.9 Å². The van der Waals surface area contributed by atoms with E-state index in [4.69, 9.17) is 18.9 Å². The topological polar surface area (TPSA) is 88.0 Å². The van der Waals surface area contributed by atoms with Crippen LogP contribution in [0, 0.1) is 13.8 Å². The first-order valence-corrected chi connectivity index (χ1v) is 9.25. The average molecular weight is 404 g/mol. The SMILES string of the molecule is CCOC(=O)c1cc(C)n(CC(=O)NCc2cc(OC)c(OC)c(OC)c2)c1C. The third-order valence-corrected chi connectivity index (χ3v) is 4.58. The van der Waals surface area contributed by atoms with Crippen molar-refractivity contribution in [2.24, 2.45) is 0 Å². The molecule has 0 atom stereocenters. The van der Waals surface area contributed by atoms with Crippen molar-refractivity contribution in [1.82, 2.24) is 9.88 Å². The highest BCUT2D eigenvalue weighted by Crippen LogP contribution is 2.38. The van der Waals surface area contributed by atoms with Crippen LogP contribution in [0.3, 0.4) is 0 Å². The first-order valence-electron chi connectivity index (χ1n) is 9.25. The number of esters is 1. The Balaban J connectivity index is 2.10. The van der Waals surface area contributed by atoms with Crippen molar-refractivity contribution in [2.45, 2.75) is 33.9 Å². The van der Waals surface area contributed by atoms with Gasteiger partial charge in [-0.2, -0.15) is 0 Å². The Hall–Kier alpha value is -3.16. The molecule has 8 nitrogen and oxygen atoms in total. The fourth-order valence-corrected chi connectivity index (χ4v) is 3.10. The summed E-state index contributed by atoms with van der Waals surface area (Å²) in [6.45, 7) is 6.10. The number of aromatic nitrogens is 1. The summed E-state index contributed by atoms with van der Waals surface area (Å²) in [7, 11) is 4.62. The number of carbonyl (C=O) groups excluding carboxylic acids is 2. The molecule has 0 aliphatic carbocycles. The lowest BCUT2D eigenvalue weighted by atomic mass is 10.1. The summed E-state index contributed by atoms with van der Waals surface area (Å²) in [5.74, 6) is 0.968. The highest BCUT2D eigenvalue weighted by molar-refractivity contribution is 5.91. The maximum absolute atomic E-state index is 12.5. The molecule has 158 valence electrons. The minimum Gasteiger partial charge on any atom is -0.493 e. The number of methoxy groups -OCH3 is 3. The predicted molar refractivity (Wildman–Crippen MR) is 108 cm³/mol. The molecule has 29 heavy (non-hydrogen) atoms. The second-order valence-corrected chi connectivity index (χ2v) is 6.40. The van der Waals surface area contributed by atoms with Gasteiger partial charge in [0, 0.05) is 17.9 Å². The Morgan fingerprint density at radius 1 is 1.00 bits per heavy atom. The summed E-state index contributed by atoms with van der Waals surface area (Å²) in [6, 6.07) is 5.30. The second kappa shape index (κ2) is 9.86. The molecule has 0 fully saturated rings. The van der Waals surface area contributed by atoms with Crippen LogP contribution >= 0.6 is 0 Å². The average Bonchev–Trinajstić information content (AvgIpc) is 2.99. The molecule has 0 saturated carbocycles. The molecule has 0 aliphatic rings. The summed E-state index contributed by atoms with van der Waals surface area (Å²) in [6.07, 6.45) is 0. The van der Waals surface area contributed by atoms with Crippen molar-refractivity contribution in [3.63, 3.8) is 0 Å². The smallest absolute Gasteiger partial charge is 0.339 e. The normalized spacial score (nSPS) is 10.4. The molecule has 0 saturated heterocycles. The van der Waals surface area contributed by atoms with Crippen LogP contribution in [0.1, 0.15) is 34.2 Å². The Bertz CT molecular complexity index is 863. The lowest BCUT2D eigenvalue weighted by Gasteiger charge is -2.15. The molecule has 1 N–H and O–H groups in total. The Morgan fingerprint density at radius 3 is 2.14 bits per heavy atom. The lowest BCUT2D eigenvalue weighted by Crippen LogP contribution is -2.28. The first-order chi connectivity index (χ1) is 13.9. The first kappa shape index (κ1) is 22.1. The molecular weight excluding hydrogens is 376 g/mol.